The van der Waals surface area contributed by atoms with Gasteiger partial charge in [-0.05, 0) is 43.0 Å². The second-order valence-corrected chi connectivity index (χ2v) is 15.2. The number of hydrogen-bond acceptors (Lipinski definition) is 14. The maximum Gasteiger partial charge on any atom is 0.330 e. The summed E-state index contributed by atoms with van der Waals surface area (Å²) >= 11 is 0. The zero-order valence-electron chi connectivity index (χ0n) is 23.8. The van der Waals surface area contributed by atoms with E-state index in [1.165, 1.54) is 6.07 Å². The van der Waals surface area contributed by atoms with Crippen LogP contribution >= 0.6 is 23.2 Å². The maximum atomic E-state index is 12.5. The van der Waals surface area contributed by atoms with Crippen LogP contribution in [0.5, 0.6) is 0 Å². The minimum Gasteiger partial charge on any atom is -0.775 e. The molecule has 2 aliphatic rings. The highest BCUT2D eigenvalue weighted by molar-refractivity contribution is 7.70. The van der Waals surface area contributed by atoms with Gasteiger partial charge in [-0.2, -0.15) is 0 Å². The van der Waals surface area contributed by atoms with Crippen molar-refractivity contribution in [1.29, 1.82) is 0 Å². The largest absolute Gasteiger partial charge is 0.775 e. The highest BCUT2D eigenvalue weighted by atomic mass is 31.3. The van der Waals surface area contributed by atoms with Crippen LogP contribution in [0.15, 0.2) is 70.4 Å². The van der Waals surface area contributed by atoms with Crippen LogP contribution in [0.25, 0.3) is 0 Å². The fourth-order valence-electron chi connectivity index (χ4n) is 4.85. The Morgan fingerprint density at radius 1 is 0.867 bits per heavy atom. The first-order chi connectivity index (χ1) is 21.1. The second kappa shape index (κ2) is 13.3. The van der Waals surface area contributed by atoms with Gasteiger partial charge < -0.3 is 38.0 Å². The summed E-state index contributed by atoms with van der Waals surface area (Å²) in [6.07, 6.45) is -3.10. The maximum absolute atomic E-state index is 12.5. The number of phosphoric acid groups is 2. The molecule has 0 aliphatic carbocycles. The molecule has 2 aromatic carbocycles. The number of ether oxygens (including phenoxy) is 3. The summed E-state index contributed by atoms with van der Waals surface area (Å²) in [5, 5.41) is -0.513. The molecule has 1 aromatic heterocycles. The monoisotopic (exact) mass is 685 g/mol. The summed E-state index contributed by atoms with van der Waals surface area (Å²) in [6, 6.07) is 14.2. The second-order valence-electron chi connectivity index (χ2n) is 10.4. The average Bonchev–Trinajstić information content (AvgIpc) is 3.51. The van der Waals surface area contributed by atoms with E-state index in [4.69, 9.17) is 18.7 Å². The zero-order valence-corrected chi connectivity index (χ0v) is 26.5. The molecule has 45 heavy (non-hydrogen) atoms. The number of aromatic amines is 1. The van der Waals surface area contributed by atoms with Gasteiger partial charge in [0.1, 0.15) is 18.3 Å². The third kappa shape index (κ3) is 8.25. The van der Waals surface area contributed by atoms with Crippen molar-refractivity contribution >= 4 is 28.5 Å². The molecule has 1 N–H and O–H groups in total. The Bertz CT molecular complexity index is 1800. The van der Waals surface area contributed by atoms with Gasteiger partial charge in [-0.1, -0.05) is 42.5 Å². The number of H-pyrrole nitrogens is 1. The quantitative estimate of drug-likeness (QED) is 0.258. The Kier molecular flexibility index (Phi) is 9.98. The molecule has 5 rings (SSSR count). The number of aryl methyl sites for hydroxylation is 3. The molecule has 0 amide bonds. The molecule has 0 bridgehead atoms. The number of fused-ring (bicyclic) bond motifs is 1. The summed E-state index contributed by atoms with van der Waals surface area (Å²) < 4.78 is 69.0. The lowest BCUT2D eigenvalue weighted by molar-refractivity contribution is -0.246. The Morgan fingerprint density at radius 3 is 2.27 bits per heavy atom. The number of benzene rings is 2. The minimum absolute atomic E-state index is 0.382. The van der Waals surface area contributed by atoms with E-state index >= 15 is 0 Å². The number of rotatable bonds is 12. The highest BCUT2D eigenvalue weighted by Gasteiger charge is 2.53. The topological polar surface area (TPSA) is 231 Å². The van der Waals surface area contributed by atoms with Crippen molar-refractivity contribution < 1.29 is 55.7 Å². The van der Waals surface area contributed by atoms with Crippen molar-refractivity contribution in [3.8, 4) is 0 Å². The summed E-state index contributed by atoms with van der Waals surface area (Å²) in [4.78, 5) is 63.5. The fraction of sp³-hybridized carbons (Fsp3) is 0.385. The van der Waals surface area contributed by atoms with Crippen molar-refractivity contribution in [2.75, 3.05) is 6.61 Å². The standard InChI is InChI=1S/C26H31N2O14P3/c1-16-8-10-19(14-17(16)2)43(31,32)41-45(35,36)42-44(33,34)37-15-20-23-24(25(38-20)28-13-12-21(29)27-26(28)30)40-22(39-23)11-9-18-6-4-3-5-7-18/h3-8,10,12-14,20,22-25H,9,11,15H2,1-2H3,(H,31,32)(H,33,34)(H,35,36)(H,27,29,30)/p-3/t20-,22?,23+,24?,25-/m1/s1. The molecule has 0 saturated carbocycles. The third-order valence-electron chi connectivity index (χ3n) is 7.15. The lowest BCUT2D eigenvalue weighted by Crippen LogP contribution is -2.36. The molecular weight excluding hydrogens is 657 g/mol. The van der Waals surface area contributed by atoms with Crippen LogP contribution < -0.4 is 31.2 Å². The molecule has 0 radical (unpaired) electrons. The Labute approximate surface area is 256 Å². The predicted octanol–water partition coefficient (Wildman–Crippen LogP) is 0.659. The molecule has 2 fully saturated rings. The Balaban J connectivity index is 1.27. The van der Waals surface area contributed by atoms with Crippen molar-refractivity contribution in [1.82, 2.24) is 9.55 Å². The minimum atomic E-state index is -6.03. The summed E-state index contributed by atoms with van der Waals surface area (Å²) in [7, 11) is -17.1. The summed E-state index contributed by atoms with van der Waals surface area (Å²) in [6.45, 7) is 2.41. The zero-order chi connectivity index (χ0) is 32.6. The lowest BCUT2D eigenvalue weighted by atomic mass is 10.1. The van der Waals surface area contributed by atoms with Crippen molar-refractivity contribution in [2.45, 2.75) is 57.5 Å². The number of aromatic nitrogens is 2. The number of hydrogen-bond donors (Lipinski definition) is 1. The van der Waals surface area contributed by atoms with Gasteiger partial charge in [0.15, 0.2) is 20.1 Å². The molecule has 0 spiro atoms. The van der Waals surface area contributed by atoms with Gasteiger partial charge in [-0.15, -0.1) is 0 Å². The molecular formula is C26H28N2O14P3-3. The van der Waals surface area contributed by atoms with Gasteiger partial charge in [0.25, 0.3) is 21.2 Å². The van der Waals surface area contributed by atoms with E-state index in [1.807, 2.05) is 30.3 Å². The Morgan fingerprint density at radius 2 is 1.58 bits per heavy atom. The highest BCUT2D eigenvalue weighted by Crippen LogP contribution is 2.62. The van der Waals surface area contributed by atoms with E-state index in [-0.39, 0.29) is 0 Å². The van der Waals surface area contributed by atoms with Gasteiger partial charge >= 0.3 is 5.69 Å². The van der Waals surface area contributed by atoms with Crippen LogP contribution in [0.4, 0.5) is 0 Å². The van der Waals surface area contributed by atoms with Crippen molar-refractivity contribution in [3.63, 3.8) is 0 Å². The van der Waals surface area contributed by atoms with E-state index in [9.17, 15) is 38.0 Å². The molecule has 5 unspecified atom stereocenters. The smallest absolute Gasteiger partial charge is 0.330 e. The third-order valence-corrected chi connectivity index (χ3v) is 11.8. The van der Waals surface area contributed by atoms with Crippen LogP contribution in [-0.4, -0.2) is 40.8 Å². The molecule has 244 valence electrons. The molecule has 3 aromatic rings. The molecule has 2 saturated heterocycles. The fourth-order valence-corrected chi connectivity index (χ4v) is 8.78. The van der Waals surface area contributed by atoms with Crippen LogP contribution in [0.3, 0.4) is 0 Å². The van der Waals surface area contributed by atoms with Gasteiger partial charge in [-0.3, -0.25) is 27.8 Å². The van der Waals surface area contributed by atoms with E-state index in [1.54, 1.807) is 13.8 Å². The molecule has 8 atom stereocenters. The first kappa shape index (κ1) is 33.8. The first-order valence-electron chi connectivity index (χ1n) is 13.5. The normalized spacial score (nSPS) is 26.9. The molecule has 2 aliphatic heterocycles. The van der Waals surface area contributed by atoms with Crippen LogP contribution in [-0.2, 0) is 47.5 Å². The van der Waals surface area contributed by atoms with Gasteiger partial charge in [0.2, 0.25) is 0 Å². The van der Waals surface area contributed by atoms with E-state index < -0.39 is 77.2 Å². The summed E-state index contributed by atoms with van der Waals surface area (Å²) in [5.41, 5.74) is 0.742. The summed E-state index contributed by atoms with van der Waals surface area (Å²) in [5.74, 6) is 0. The van der Waals surface area contributed by atoms with E-state index in [0.717, 1.165) is 40.1 Å². The SMILES string of the molecule is Cc1ccc(P(=O)([O-])OP(=O)([O-])OP(=O)([O-])OC[C@H]2O[C@@H](n3ccc(=O)[nH]c3=O)C3OC(CCc4ccccc4)O[C@H]32)cc1C. The predicted molar refractivity (Wildman–Crippen MR) is 150 cm³/mol. The first-order valence-corrected chi connectivity index (χ1v) is 18.0. The van der Waals surface area contributed by atoms with Crippen molar-refractivity contribution in [2.24, 2.45) is 0 Å². The number of nitrogens with one attached hydrogen (secondary N) is 1. The van der Waals surface area contributed by atoms with Gasteiger partial charge in [0.05, 0.1) is 6.61 Å². The molecule has 3 heterocycles. The Hall–Kier alpha value is -2.55. The molecule has 19 heteroatoms. The van der Waals surface area contributed by atoms with Crippen LogP contribution in [0.2, 0.25) is 0 Å². The number of nitrogens with zero attached hydrogens (tertiary/aromatic N) is 1. The number of phosphoric ester groups is 1. The van der Waals surface area contributed by atoms with E-state index in [2.05, 4.69) is 13.6 Å². The van der Waals surface area contributed by atoms with E-state index in [0.29, 0.717) is 18.4 Å². The molecule has 16 nitrogen and oxygen atoms in total. The van der Waals surface area contributed by atoms with Crippen molar-refractivity contribution in [3.05, 3.63) is 98.3 Å². The average molecular weight is 685 g/mol. The van der Waals surface area contributed by atoms with Gasteiger partial charge in [-0.25, -0.2) is 9.11 Å². The lowest BCUT2D eigenvalue weighted by Gasteiger charge is -2.35. The van der Waals surface area contributed by atoms with Crippen LogP contribution in [0.1, 0.15) is 29.3 Å². The van der Waals surface area contributed by atoms with Crippen LogP contribution in [0, 0.1) is 13.8 Å². The van der Waals surface area contributed by atoms with Gasteiger partial charge in [0, 0.05) is 24.0 Å².